The molecular formula is C17H21NO3. The van der Waals surface area contributed by atoms with Crippen LogP contribution >= 0.6 is 0 Å². The van der Waals surface area contributed by atoms with E-state index in [0.717, 1.165) is 22.7 Å². The third-order valence-electron chi connectivity index (χ3n) is 3.27. The summed E-state index contributed by atoms with van der Waals surface area (Å²) < 4.78 is 16.0. The molecule has 0 spiro atoms. The minimum atomic E-state index is 0.0391. The largest absolute Gasteiger partial charge is 0.497 e. The Kier molecular flexibility index (Phi) is 5.46. The van der Waals surface area contributed by atoms with Gasteiger partial charge in [-0.1, -0.05) is 30.3 Å². The summed E-state index contributed by atoms with van der Waals surface area (Å²) in [6, 6.07) is 15.9. The first kappa shape index (κ1) is 15.2. The van der Waals surface area contributed by atoms with Crippen molar-refractivity contribution < 1.29 is 14.2 Å². The highest BCUT2D eigenvalue weighted by atomic mass is 16.5. The van der Waals surface area contributed by atoms with E-state index in [1.807, 2.05) is 36.4 Å². The van der Waals surface area contributed by atoms with Crippen molar-refractivity contribution in [1.82, 2.24) is 0 Å². The summed E-state index contributed by atoms with van der Waals surface area (Å²) in [5, 5.41) is 3.46. The minimum Gasteiger partial charge on any atom is -0.497 e. The second kappa shape index (κ2) is 7.55. The molecule has 0 saturated heterocycles. The summed E-state index contributed by atoms with van der Waals surface area (Å²) >= 11 is 0. The van der Waals surface area contributed by atoms with Gasteiger partial charge in [-0.15, -0.1) is 0 Å². The molecular weight excluding hydrogens is 266 g/mol. The summed E-state index contributed by atoms with van der Waals surface area (Å²) in [6.45, 7) is 0.560. The van der Waals surface area contributed by atoms with Gasteiger partial charge in [-0.25, -0.2) is 0 Å². The fraction of sp³-hybridized carbons (Fsp3) is 0.294. The zero-order valence-electron chi connectivity index (χ0n) is 12.6. The summed E-state index contributed by atoms with van der Waals surface area (Å²) in [7, 11) is 5.00. The molecule has 21 heavy (non-hydrogen) atoms. The quantitative estimate of drug-likeness (QED) is 0.846. The van der Waals surface area contributed by atoms with Crippen LogP contribution in [-0.4, -0.2) is 27.9 Å². The number of hydrogen-bond donors (Lipinski definition) is 1. The number of ether oxygens (including phenoxy) is 3. The molecule has 0 amide bonds. The molecule has 4 heteroatoms. The molecule has 1 unspecified atom stereocenters. The standard InChI is InChI=1S/C17H21NO3/c1-19-12-16(13-7-5-4-6-8-13)18-15-11-14(20-2)9-10-17(15)21-3/h4-11,16,18H,12H2,1-3H3. The van der Waals surface area contributed by atoms with E-state index in [0.29, 0.717) is 6.61 Å². The van der Waals surface area contributed by atoms with Crippen LogP contribution in [0.1, 0.15) is 11.6 Å². The van der Waals surface area contributed by atoms with Crippen LogP contribution in [0, 0.1) is 0 Å². The van der Waals surface area contributed by atoms with E-state index >= 15 is 0 Å². The summed E-state index contributed by atoms with van der Waals surface area (Å²) in [5.41, 5.74) is 2.03. The van der Waals surface area contributed by atoms with E-state index in [1.54, 1.807) is 21.3 Å². The molecule has 0 aromatic heterocycles. The fourth-order valence-electron chi connectivity index (χ4n) is 2.19. The molecule has 4 nitrogen and oxygen atoms in total. The zero-order chi connectivity index (χ0) is 15.1. The molecule has 0 heterocycles. The number of benzene rings is 2. The third kappa shape index (κ3) is 3.89. The van der Waals surface area contributed by atoms with Crippen molar-refractivity contribution in [3.8, 4) is 11.5 Å². The molecule has 1 N–H and O–H groups in total. The second-order valence-electron chi connectivity index (χ2n) is 4.63. The van der Waals surface area contributed by atoms with Crippen molar-refractivity contribution in [2.24, 2.45) is 0 Å². The fourth-order valence-corrected chi connectivity index (χ4v) is 2.19. The van der Waals surface area contributed by atoms with E-state index in [4.69, 9.17) is 14.2 Å². The number of anilines is 1. The van der Waals surface area contributed by atoms with Crippen molar-refractivity contribution in [3.63, 3.8) is 0 Å². The van der Waals surface area contributed by atoms with Gasteiger partial charge in [-0.05, 0) is 17.7 Å². The van der Waals surface area contributed by atoms with Gasteiger partial charge in [0.25, 0.3) is 0 Å². The molecule has 112 valence electrons. The first-order valence-corrected chi connectivity index (χ1v) is 6.81. The van der Waals surface area contributed by atoms with Crippen molar-refractivity contribution in [2.45, 2.75) is 6.04 Å². The van der Waals surface area contributed by atoms with Crippen LogP contribution in [0.3, 0.4) is 0 Å². The monoisotopic (exact) mass is 287 g/mol. The number of nitrogens with one attached hydrogen (secondary N) is 1. The molecule has 0 bridgehead atoms. The zero-order valence-corrected chi connectivity index (χ0v) is 12.6. The average molecular weight is 287 g/mol. The minimum absolute atomic E-state index is 0.0391. The Morgan fingerprint density at radius 1 is 0.952 bits per heavy atom. The first-order chi connectivity index (χ1) is 10.3. The predicted octanol–water partition coefficient (Wildman–Crippen LogP) is 3.50. The molecule has 0 aliphatic rings. The predicted molar refractivity (Wildman–Crippen MR) is 84.2 cm³/mol. The van der Waals surface area contributed by atoms with Gasteiger partial charge in [-0.3, -0.25) is 0 Å². The van der Waals surface area contributed by atoms with Gasteiger partial charge in [0.1, 0.15) is 11.5 Å². The summed E-state index contributed by atoms with van der Waals surface area (Å²) in [4.78, 5) is 0. The lowest BCUT2D eigenvalue weighted by molar-refractivity contribution is 0.186. The second-order valence-corrected chi connectivity index (χ2v) is 4.63. The maximum absolute atomic E-state index is 5.40. The normalized spacial score (nSPS) is 11.8. The Hall–Kier alpha value is -2.20. The van der Waals surface area contributed by atoms with Crippen molar-refractivity contribution in [3.05, 3.63) is 54.1 Å². The smallest absolute Gasteiger partial charge is 0.142 e. The summed E-state index contributed by atoms with van der Waals surface area (Å²) in [5.74, 6) is 1.55. The SMILES string of the molecule is COCC(Nc1cc(OC)ccc1OC)c1ccccc1. The van der Waals surface area contributed by atoms with E-state index in [9.17, 15) is 0 Å². The Morgan fingerprint density at radius 2 is 1.71 bits per heavy atom. The van der Waals surface area contributed by atoms with Gasteiger partial charge in [0.15, 0.2) is 0 Å². The van der Waals surface area contributed by atoms with Gasteiger partial charge in [0.05, 0.1) is 32.6 Å². The molecule has 2 aromatic carbocycles. The number of hydrogen-bond acceptors (Lipinski definition) is 4. The van der Waals surface area contributed by atoms with Crippen LogP contribution in [0.15, 0.2) is 48.5 Å². The highest BCUT2D eigenvalue weighted by molar-refractivity contribution is 5.60. The van der Waals surface area contributed by atoms with E-state index in [-0.39, 0.29) is 6.04 Å². The van der Waals surface area contributed by atoms with Crippen LogP contribution in [0.5, 0.6) is 11.5 Å². The molecule has 1 atom stereocenters. The molecule has 2 rings (SSSR count). The van der Waals surface area contributed by atoms with Gasteiger partial charge >= 0.3 is 0 Å². The average Bonchev–Trinajstić information content (AvgIpc) is 2.55. The van der Waals surface area contributed by atoms with E-state index in [2.05, 4.69) is 17.4 Å². The van der Waals surface area contributed by atoms with E-state index in [1.165, 1.54) is 0 Å². The molecule has 0 fully saturated rings. The van der Waals surface area contributed by atoms with E-state index < -0.39 is 0 Å². The highest BCUT2D eigenvalue weighted by Crippen LogP contribution is 2.32. The first-order valence-electron chi connectivity index (χ1n) is 6.81. The summed E-state index contributed by atoms with van der Waals surface area (Å²) in [6.07, 6.45) is 0. The van der Waals surface area contributed by atoms with Crippen molar-refractivity contribution in [2.75, 3.05) is 33.3 Å². The Morgan fingerprint density at radius 3 is 2.33 bits per heavy atom. The van der Waals surface area contributed by atoms with Crippen LogP contribution in [0.4, 0.5) is 5.69 Å². The number of methoxy groups -OCH3 is 3. The lowest BCUT2D eigenvalue weighted by atomic mass is 10.1. The topological polar surface area (TPSA) is 39.7 Å². The maximum Gasteiger partial charge on any atom is 0.142 e. The van der Waals surface area contributed by atoms with Crippen LogP contribution in [0.2, 0.25) is 0 Å². The number of rotatable bonds is 7. The molecule has 2 aromatic rings. The van der Waals surface area contributed by atoms with Gasteiger partial charge in [0, 0.05) is 13.2 Å². The third-order valence-corrected chi connectivity index (χ3v) is 3.27. The van der Waals surface area contributed by atoms with Crippen molar-refractivity contribution >= 4 is 5.69 Å². The molecule has 0 radical (unpaired) electrons. The molecule has 0 aliphatic heterocycles. The van der Waals surface area contributed by atoms with Gasteiger partial charge in [-0.2, -0.15) is 0 Å². The van der Waals surface area contributed by atoms with Crippen molar-refractivity contribution in [1.29, 1.82) is 0 Å². The maximum atomic E-state index is 5.40. The van der Waals surface area contributed by atoms with Crippen LogP contribution in [0.25, 0.3) is 0 Å². The lowest BCUT2D eigenvalue weighted by Gasteiger charge is -2.21. The lowest BCUT2D eigenvalue weighted by Crippen LogP contribution is -2.16. The Bertz CT molecular complexity index is 557. The highest BCUT2D eigenvalue weighted by Gasteiger charge is 2.14. The molecule has 0 aliphatic carbocycles. The van der Waals surface area contributed by atoms with Gasteiger partial charge in [0.2, 0.25) is 0 Å². The Balaban J connectivity index is 2.28. The Labute approximate surface area is 125 Å². The molecule has 0 saturated carbocycles. The van der Waals surface area contributed by atoms with Crippen LogP contribution in [-0.2, 0) is 4.74 Å². The van der Waals surface area contributed by atoms with Gasteiger partial charge < -0.3 is 19.5 Å². The van der Waals surface area contributed by atoms with Crippen LogP contribution < -0.4 is 14.8 Å².